The lowest BCUT2D eigenvalue weighted by atomic mass is 10.5. The molecule has 0 aromatic carbocycles. The van der Waals surface area contributed by atoms with Crippen LogP contribution >= 0.6 is 7.34 Å². The van der Waals surface area contributed by atoms with Crippen molar-refractivity contribution in [2.24, 2.45) is 5.92 Å². The molecule has 1 saturated carbocycles. The molecule has 0 aromatic rings. The molecule has 0 spiro atoms. The van der Waals surface area contributed by atoms with Crippen LogP contribution in [0.2, 0.25) is 0 Å². The average molecular weight is 145 g/mol. The summed E-state index contributed by atoms with van der Waals surface area (Å²) in [5, 5.41) is 8.26. The molecule has 1 rings (SSSR count). The van der Waals surface area contributed by atoms with Crippen LogP contribution < -0.4 is 0 Å². The summed E-state index contributed by atoms with van der Waals surface area (Å²) in [4.78, 5) is 17.7. The molecule has 50 valence electrons. The fraction of sp³-hybridized carbons (Fsp3) is 0.600. The second-order valence-electron chi connectivity index (χ2n) is 2.32. The molecule has 2 atom stereocenters. The molecule has 0 amide bonds. The first-order valence-corrected chi connectivity index (χ1v) is 4.59. The molecular formula is C5H8NO2P. The van der Waals surface area contributed by atoms with Crippen molar-refractivity contribution in [2.45, 2.75) is 12.1 Å². The van der Waals surface area contributed by atoms with Gasteiger partial charge in [0.25, 0.3) is 0 Å². The van der Waals surface area contributed by atoms with Crippen molar-refractivity contribution in [3.05, 3.63) is 0 Å². The summed E-state index contributed by atoms with van der Waals surface area (Å²) < 4.78 is 0. The van der Waals surface area contributed by atoms with Crippen molar-refractivity contribution in [2.75, 3.05) is 0 Å². The Labute approximate surface area is 53.7 Å². The first kappa shape index (κ1) is 6.82. The number of nitrogens with zero attached hydrogens (tertiary/aromatic N) is 1. The Morgan fingerprint density at radius 1 is 1.67 bits per heavy atom. The van der Waals surface area contributed by atoms with Gasteiger partial charge in [-0.25, -0.2) is 0 Å². The highest BCUT2D eigenvalue weighted by Gasteiger charge is 2.45. The SMILES string of the molecule is C=P(O)(O)C1CC1C#N. The van der Waals surface area contributed by atoms with Gasteiger partial charge in [-0.15, -0.1) is 0 Å². The molecule has 0 radical (unpaired) electrons. The van der Waals surface area contributed by atoms with Crippen molar-refractivity contribution in [1.82, 2.24) is 0 Å². The van der Waals surface area contributed by atoms with Gasteiger partial charge in [-0.2, -0.15) is 5.26 Å². The molecule has 9 heavy (non-hydrogen) atoms. The van der Waals surface area contributed by atoms with E-state index < -0.39 is 7.34 Å². The van der Waals surface area contributed by atoms with E-state index in [0.29, 0.717) is 6.42 Å². The van der Waals surface area contributed by atoms with Gasteiger partial charge in [0.15, 0.2) is 0 Å². The third-order valence-electron chi connectivity index (χ3n) is 1.45. The van der Waals surface area contributed by atoms with Gasteiger partial charge in [0, 0.05) is 5.66 Å². The van der Waals surface area contributed by atoms with E-state index in [1.807, 2.05) is 6.07 Å². The Morgan fingerprint density at radius 3 is 2.33 bits per heavy atom. The quantitative estimate of drug-likeness (QED) is 0.516. The van der Waals surface area contributed by atoms with Crippen LogP contribution in [0.3, 0.4) is 0 Å². The molecule has 1 fully saturated rings. The molecule has 2 unspecified atom stereocenters. The number of hydrogen-bond donors (Lipinski definition) is 2. The van der Waals surface area contributed by atoms with Crippen LogP contribution in [0.25, 0.3) is 0 Å². The molecule has 3 nitrogen and oxygen atoms in total. The van der Waals surface area contributed by atoms with Crippen molar-refractivity contribution in [1.29, 1.82) is 5.26 Å². The van der Waals surface area contributed by atoms with Gasteiger partial charge >= 0.3 is 0 Å². The minimum Gasteiger partial charge on any atom is -0.353 e. The maximum absolute atomic E-state index is 8.86. The van der Waals surface area contributed by atoms with Gasteiger partial charge < -0.3 is 9.79 Å². The fourth-order valence-electron chi connectivity index (χ4n) is 0.777. The van der Waals surface area contributed by atoms with Crippen molar-refractivity contribution in [3.8, 4) is 6.07 Å². The Kier molecular flexibility index (Phi) is 1.40. The lowest BCUT2D eigenvalue weighted by molar-refractivity contribution is 0.473. The van der Waals surface area contributed by atoms with Crippen LogP contribution in [0, 0.1) is 17.2 Å². The zero-order valence-electron chi connectivity index (χ0n) is 4.86. The molecule has 4 heteroatoms. The predicted octanol–water partition coefficient (Wildman–Crippen LogP) is 0.163. The summed E-state index contributed by atoms with van der Waals surface area (Å²) in [7, 11) is -2.92. The first-order valence-electron chi connectivity index (χ1n) is 2.64. The number of nitriles is 1. The van der Waals surface area contributed by atoms with Gasteiger partial charge in [0.05, 0.1) is 12.0 Å². The molecule has 2 N–H and O–H groups in total. The summed E-state index contributed by atoms with van der Waals surface area (Å²) in [5.41, 5.74) is -0.220. The number of rotatable bonds is 1. The van der Waals surface area contributed by atoms with E-state index in [9.17, 15) is 0 Å². The molecule has 1 aliphatic carbocycles. The predicted molar refractivity (Wildman–Crippen MR) is 36.0 cm³/mol. The third-order valence-corrected chi connectivity index (χ3v) is 3.09. The largest absolute Gasteiger partial charge is 0.353 e. The van der Waals surface area contributed by atoms with Crippen LogP contribution in [0.4, 0.5) is 0 Å². The van der Waals surface area contributed by atoms with Gasteiger partial charge in [0.2, 0.25) is 0 Å². The maximum atomic E-state index is 8.86. The van der Waals surface area contributed by atoms with Crippen molar-refractivity contribution >= 4 is 13.6 Å². The smallest absolute Gasteiger partial charge is 0.116 e. The Bertz CT molecular complexity index is 201. The van der Waals surface area contributed by atoms with Gasteiger partial charge in [-0.3, -0.25) is 0 Å². The fourth-order valence-corrected chi connectivity index (χ4v) is 1.99. The molecule has 0 heterocycles. The topological polar surface area (TPSA) is 64.2 Å². The lowest BCUT2D eigenvalue weighted by Gasteiger charge is -2.05. The standard InChI is InChI=1S/C5H8NO2P/c1-9(7,8)5-2-4(5)3-6/h4-5,7-8H,1-2H2. The van der Waals surface area contributed by atoms with E-state index in [0.717, 1.165) is 0 Å². The van der Waals surface area contributed by atoms with E-state index in [1.165, 1.54) is 0 Å². The number of hydrogen-bond acceptors (Lipinski definition) is 3. The van der Waals surface area contributed by atoms with Crippen molar-refractivity contribution < 1.29 is 9.79 Å². The average Bonchev–Trinajstić information content (AvgIpc) is 2.39. The molecule has 1 aliphatic rings. The van der Waals surface area contributed by atoms with Crippen LogP contribution in [-0.4, -0.2) is 21.7 Å². The second kappa shape index (κ2) is 1.85. The van der Waals surface area contributed by atoms with Gasteiger partial charge in [-0.05, 0) is 6.42 Å². The van der Waals surface area contributed by atoms with E-state index in [4.69, 9.17) is 15.0 Å². The van der Waals surface area contributed by atoms with Gasteiger partial charge in [0.1, 0.15) is 7.34 Å². The van der Waals surface area contributed by atoms with Crippen LogP contribution in [0.5, 0.6) is 0 Å². The lowest BCUT2D eigenvalue weighted by Crippen LogP contribution is -1.88. The van der Waals surface area contributed by atoms with Crippen LogP contribution in [0.15, 0.2) is 0 Å². The molecule has 0 aromatic heterocycles. The first-order chi connectivity index (χ1) is 4.05. The highest BCUT2D eigenvalue weighted by molar-refractivity contribution is 7.63. The molecule has 0 aliphatic heterocycles. The zero-order valence-corrected chi connectivity index (χ0v) is 5.75. The Hall–Kier alpha value is -0.290. The minimum absolute atomic E-state index is 0.147. The zero-order chi connectivity index (χ0) is 7.07. The van der Waals surface area contributed by atoms with E-state index in [1.54, 1.807) is 0 Å². The van der Waals surface area contributed by atoms with Crippen LogP contribution in [0.1, 0.15) is 6.42 Å². The van der Waals surface area contributed by atoms with Crippen LogP contribution in [-0.2, 0) is 0 Å². The summed E-state index contributed by atoms with van der Waals surface area (Å²) in [6.45, 7) is 0. The van der Waals surface area contributed by atoms with Gasteiger partial charge in [-0.1, -0.05) is 6.30 Å². The summed E-state index contributed by atoms with van der Waals surface area (Å²) in [6.07, 6.45) is 3.81. The third kappa shape index (κ3) is 1.34. The Balaban J connectivity index is 2.55. The summed E-state index contributed by atoms with van der Waals surface area (Å²) in [5.74, 6) is -0.147. The minimum atomic E-state index is -2.92. The molecule has 0 bridgehead atoms. The van der Waals surface area contributed by atoms with E-state index >= 15 is 0 Å². The highest BCUT2D eigenvalue weighted by atomic mass is 31.2. The maximum Gasteiger partial charge on any atom is 0.116 e. The van der Waals surface area contributed by atoms with E-state index in [2.05, 4.69) is 6.30 Å². The molecular weight excluding hydrogens is 137 g/mol. The summed E-state index contributed by atoms with van der Waals surface area (Å²) >= 11 is 0. The highest BCUT2D eigenvalue weighted by Crippen LogP contribution is 2.57. The van der Waals surface area contributed by atoms with Crippen molar-refractivity contribution in [3.63, 3.8) is 0 Å². The normalized spacial score (nSPS) is 33.4. The van der Waals surface area contributed by atoms with E-state index in [-0.39, 0.29) is 11.6 Å². The Morgan fingerprint density at radius 2 is 2.22 bits per heavy atom. The summed E-state index contributed by atoms with van der Waals surface area (Å²) in [6, 6.07) is 1.96. The second-order valence-corrected chi connectivity index (χ2v) is 4.56. The molecule has 0 saturated heterocycles. The monoisotopic (exact) mass is 145 g/mol.